The van der Waals surface area contributed by atoms with E-state index in [1.54, 1.807) is 0 Å². The van der Waals surface area contributed by atoms with Crippen LogP contribution in [0, 0.1) is 22.7 Å². The normalized spacial score (nSPS) is 11.3. The summed E-state index contributed by atoms with van der Waals surface area (Å²) in [7, 11) is 0. The van der Waals surface area contributed by atoms with E-state index in [4.69, 9.17) is 0 Å². The molecule has 0 aliphatic rings. The molecule has 0 bridgehead atoms. The maximum Gasteiger partial charge on any atom is 0.102 e. The predicted octanol–water partition coefficient (Wildman–Crippen LogP) is 8.19. The van der Waals surface area contributed by atoms with E-state index >= 15 is 0 Å². The van der Waals surface area contributed by atoms with Gasteiger partial charge in [-0.15, -0.1) is 0 Å². The van der Waals surface area contributed by atoms with Gasteiger partial charge in [0.05, 0.1) is 44.6 Å². The Morgan fingerprint density at radius 1 is 0.526 bits per heavy atom. The Morgan fingerprint density at radius 3 is 1.13 bits per heavy atom. The smallest absolute Gasteiger partial charge is 0.102 e. The lowest BCUT2D eigenvalue weighted by atomic mass is 9.95. The third-order valence-corrected chi connectivity index (χ3v) is 7.61. The highest BCUT2D eigenvalue weighted by Crippen LogP contribution is 2.39. The molecule has 0 spiro atoms. The third kappa shape index (κ3) is 2.89. The summed E-state index contributed by atoms with van der Waals surface area (Å²) in [4.78, 5) is 0. The molecule has 4 nitrogen and oxygen atoms in total. The molecule has 0 unspecified atom stereocenters. The number of nitrogens with zero attached hydrogens (tertiary/aromatic N) is 4. The summed E-state index contributed by atoms with van der Waals surface area (Å²) in [6.45, 7) is 2.02. The van der Waals surface area contributed by atoms with E-state index in [1.807, 2.05) is 61.5 Å². The fourth-order valence-electron chi connectivity index (χ4n) is 6.03. The van der Waals surface area contributed by atoms with Gasteiger partial charge in [0, 0.05) is 21.5 Å². The second-order valence-electron chi connectivity index (χ2n) is 9.46. The minimum Gasteiger partial charge on any atom is -0.308 e. The zero-order chi connectivity index (χ0) is 25.8. The first-order valence-corrected chi connectivity index (χ1v) is 12.7. The predicted molar refractivity (Wildman–Crippen MR) is 154 cm³/mol. The fourth-order valence-corrected chi connectivity index (χ4v) is 6.03. The van der Waals surface area contributed by atoms with Crippen LogP contribution >= 0.6 is 0 Å². The summed E-state index contributed by atoms with van der Waals surface area (Å²) in [5.41, 5.74) is 7.56. The molecule has 0 N–H and O–H groups in total. The van der Waals surface area contributed by atoms with E-state index in [1.165, 1.54) is 0 Å². The molecule has 0 aliphatic carbocycles. The molecule has 178 valence electrons. The van der Waals surface area contributed by atoms with Gasteiger partial charge in [0.25, 0.3) is 0 Å². The standard InChI is InChI=1S/C34H22N4/c1-2-22-27(20-35)33(37-29-15-7-3-11-23(29)24-12-4-8-16-30(24)37)19-34(28(22)21-36)38-31-17-9-5-13-25(31)26-14-6-10-18-32(26)38/h3-19H,2H2,1H3. The molecule has 7 rings (SSSR count). The van der Waals surface area contributed by atoms with Crippen LogP contribution < -0.4 is 0 Å². The lowest BCUT2D eigenvalue weighted by Gasteiger charge is -2.19. The van der Waals surface area contributed by atoms with Crippen LogP contribution in [0.5, 0.6) is 0 Å². The van der Waals surface area contributed by atoms with E-state index in [9.17, 15) is 10.5 Å². The van der Waals surface area contributed by atoms with Crippen LogP contribution in [-0.2, 0) is 6.42 Å². The molecular formula is C34H22N4. The van der Waals surface area contributed by atoms with Gasteiger partial charge in [-0.3, -0.25) is 0 Å². The Balaban J connectivity index is 1.70. The number of nitriles is 2. The lowest BCUT2D eigenvalue weighted by Crippen LogP contribution is -2.08. The number of aromatic nitrogens is 2. The van der Waals surface area contributed by atoms with Gasteiger partial charge in [0.15, 0.2) is 0 Å². The molecule has 0 aliphatic heterocycles. The maximum atomic E-state index is 10.5. The zero-order valence-electron chi connectivity index (χ0n) is 20.8. The molecule has 0 amide bonds. The topological polar surface area (TPSA) is 57.4 Å². The summed E-state index contributed by atoms with van der Waals surface area (Å²) in [5, 5.41) is 25.5. The average molecular weight is 487 g/mol. The molecule has 7 aromatic rings. The molecule has 38 heavy (non-hydrogen) atoms. The second kappa shape index (κ2) is 8.37. The first-order valence-electron chi connectivity index (χ1n) is 12.7. The van der Waals surface area contributed by atoms with Gasteiger partial charge in [0.2, 0.25) is 0 Å². The van der Waals surface area contributed by atoms with Crippen molar-refractivity contribution in [1.29, 1.82) is 10.5 Å². The van der Waals surface area contributed by atoms with Crippen LogP contribution in [0.2, 0.25) is 0 Å². The van der Waals surface area contributed by atoms with Crippen molar-refractivity contribution in [3.8, 4) is 23.5 Å². The van der Waals surface area contributed by atoms with E-state index < -0.39 is 0 Å². The highest BCUT2D eigenvalue weighted by molar-refractivity contribution is 6.11. The molecule has 4 heteroatoms. The fraction of sp³-hybridized carbons (Fsp3) is 0.0588. The molecule has 0 fully saturated rings. The summed E-state index contributed by atoms with van der Waals surface area (Å²) >= 11 is 0. The van der Waals surface area contributed by atoms with Crippen LogP contribution in [0.25, 0.3) is 55.0 Å². The Morgan fingerprint density at radius 2 is 0.842 bits per heavy atom. The summed E-state index contributed by atoms with van der Waals surface area (Å²) in [6.07, 6.45) is 0.570. The van der Waals surface area contributed by atoms with Gasteiger partial charge in [-0.2, -0.15) is 10.5 Å². The SMILES string of the molecule is CCc1c(C#N)c(-n2c3ccccc3c3ccccc32)cc(-n2c3ccccc3c3ccccc32)c1C#N. The van der Waals surface area contributed by atoms with Gasteiger partial charge in [-0.25, -0.2) is 0 Å². The van der Waals surface area contributed by atoms with Crippen molar-refractivity contribution in [3.63, 3.8) is 0 Å². The van der Waals surface area contributed by atoms with Crippen molar-refractivity contribution >= 4 is 43.6 Å². The van der Waals surface area contributed by atoms with Gasteiger partial charge < -0.3 is 9.13 Å². The van der Waals surface area contributed by atoms with Gasteiger partial charge in [-0.05, 0) is 42.3 Å². The number of hydrogen-bond acceptors (Lipinski definition) is 2. The highest BCUT2D eigenvalue weighted by Gasteiger charge is 2.24. The maximum absolute atomic E-state index is 10.5. The first kappa shape index (κ1) is 21.9. The van der Waals surface area contributed by atoms with Crippen LogP contribution in [0.4, 0.5) is 0 Å². The van der Waals surface area contributed by atoms with Crippen molar-refractivity contribution < 1.29 is 0 Å². The van der Waals surface area contributed by atoms with Crippen LogP contribution in [-0.4, -0.2) is 9.13 Å². The molecule has 5 aromatic carbocycles. The summed E-state index contributed by atoms with van der Waals surface area (Å²) in [6, 6.07) is 40.2. The molecule has 0 radical (unpaired) electrons. The Hall–Kier alpha value is -5.32. The van der Waals surface area contributed by atoms with E-state index in [0.29, 0.717) is 17.5 Å². The van der Waals surface area contributed by atoms with E-state index in [-0.39, 0.29) is 0 Å². The van der Waals surface area contributed by atoms with Crippen LogP contribution in [0.3, 0.4) is 0 Å². The van der Waals surface area contributed by atoms with Crippen molar-refractivity contribution in [3.05, 3.63) is 120 Å². The minimum absolute atomic E-state index is 0.542. The van der Waals surface area contributed by atoms with Crippen molar-refractivity contribution in [2.45, 2.75) is 13.3 Å². The second-order valence-corrected chi connectivity index (χ2v) is 9.46. The number of rotatable bonds is 3. The van der Waals surface area contributed by atoms with Crippen LogP contribution in [0.15, 0.2) is 103 Å². The number of fused-ring (bicyclic) bond motifs is 6. The first-order chi connectivity index (χ1) is 18.8. The van der Waals surface area contributed by atoms with Crippen LogP contribution in [0.1, 0.15) is 23.6 Å². The summed E-state index contributed by atoms with van der Waals surface area (Å²) < 4.78 is 4.36. The highest BCUT2D eigenvalue weighted by atomic mass is 15.0. The molecule has 2 aromatic heterocycles. The Labute approximate surface area is 219 Å². The number of para-hydroxylation sites is 4. The van der Waals surface area contributed by atoms with Crippen molar-refractivity contribution in [1.82, 2.24) is 9.13 Å². The Bertz CT molecular complexity index is 1890. The van der Waals surface area contributed by atoms with Crippen molar-refractivity contribution in [2.75, 3.05) is 0 Å². The molecule has 2 heterocycles. The van der Waals surface area contributed by atoms with E-state index in [2.05, 4.69) is 69.8 Å². The number of hydrogen-bond donors (Lipinski definition) is 0. The largest absolute Gasteiger partial charge is 0.308 e. The van der Waals surface area contributed by atoms with E-state index in [0.717, 1.165) is 60.5 Å². The molecule has 0 atom stereocenters. The number of benzene rings is 5. The third-order valence-electron chi connectivity index (χ3n) is 7.61. The van der Waals surface area contributed by atoms with Gasteiger partial charge in [-0.1, -0.05) is 79.7 Å². The summed E-state index contributed by atoms with van der Waals surface area (Å²) in [5.74, 6) is 0. The monoisotopic (exact) mass is 486 g/mol. The minimum atomic E-state index is 0.542. The van der Waals surface area contributed by atoms with Crippen molar-refractivity contribution in [2.24, 2.45) is 0 Å². The van der Waals surface area contributed by atoms with Gasteiger partial charge >= 0.3 is 0 Å². The zero-order valence-corrected chi connectivity index (χ0v) is 20.8. The molecule has 0 saturated heterocycles. The molecule has 0 saturated carbocycles. The quantitative estimate of drug-likeness (QED) is 0.253. The Kier molecular flexibility index (Phi) is 4.83. The van der Waals surface area contributed by atoms with Gasteiger partial charge in [0.1, 0.15) is 12.1 Å². The molecular weight excluding hydrogens is 464 g/mol. The lowest BCUT2D eigenvalue weighted by molar-refractivity contribution is 1.05. The average Bonchev–Trinajstić information content (AvgIpc) is 3.49.